The van der Waals surface area contributed by atoms with E-state index in [4.69, 9.17) is 5.11 Å². The molecule has 2 N–H and O–H groups in total. The van der Waals surface area contributed by atoms with E-state index in [9.17, 15) is 14.4 Å². The highest BCUT2D eigenvalue weighted by molar-refractivity contribution is 5.84. The smallest absolute Gasteiger partial charge is 0.317 e. The molecule has 19 heavy (non-hydrogen) atoms. The maximum Gasteiger partial charge on any atom is 0.317 e. The lowest BCUT2D eigenvalue weighted by atomic mass is 10.0. The van der Waals surface area contributed by atoms with Crippen molar-refractivity contribution in [3.63, 3.8) is 0 Å². The molecule has 0 bridgehead atoms. The highest BCUT2D eigenvalue weighted by Gasteiger charge is 2.34. The summed E-state index contributed by atoms with van der Waals surface area (Å²) in [6.45, 7) is -0.0245. The van der Waals surface area contributed by atoms with Crippen molar-refractivity contribution in [2.45, 2.75) is 25.3 Å². The van der Waals surface area contributed by atoms with Gasteiger partial charge in [-0.25, -0.2) is 4.79 Å². The quantitative estimate of drug-likeness (QED) is 0.751. The Morgan fingerprint density at radius 2 is 1.84 bits per heavy atom. The fourth-order valence-electron chi connectivity index (χ4n) is 2.11. The fraction of sp³-hybridized carbons (Fsp3) is 0.750. The summed E-state index contributed by atoms with van der Waals surface area (Å²) < 4.78 is 0. The number of nitrogens with zero attached hydrogens (tertiary/aromatic N) is 2. The molecule has 0 aliphatic heterocycles. The molecule has 108 valence electrons. The van der Waals surface area contributed by atoms with E-state index in [1.807, 2.05) is 0 Å². The zero-order valence-electron chi connectivity index (χ0n) is 11.5. The van der Waals surface area contributed by atoms with Gasteiger partial charge in [0.25, 0.3) is 0 Å². The third-order valence-corrected chi connectivity index (χ3v) is 3.36. The molecule has 0 saturated heterocycles. The van der Waals surface area contributed by atoms with Crippen LogP contribution in [0.4, 0.5) is 4.79 Å². The number of urea groups is 1. The molecule has 1 aliphatic carbocycles. The van der Waals surface area contributed by atoms with Gasteiger partial charge in [-0.15, -0.1) is 0 Å². The maximum atomic E-state index is 11.9. The SMILES string of the molecule is CN(C)C(=O)CN(C)C(=O)NC1CCCC1C(=O)O. The normalized spacial score (nSPS) is 21.8. The van der Waals surface area contributed by atoms with Gasteiger partial charge in [-0.2, -0.15) is 0 Å². The first kappa shape index (κ1) is 15.3. The van der Waals surface area contributed by atoms with Crippen molar-refractivity contribution in [3.8, 4) is 0 Å². The van der Waals surface area contributed by atoms with Gasteiger partial charge in [-0.3, -0.25) is 9.59 Å². The zero-order valence-corrected chi connectivity index (χ0v) is 11.5. The van der Waals surface area contributed by atoms with Gasteiger partial charge in [-0.05, 0) is 12.8 Å². The lowest BCUT2D eigenvalue weighted by molar-refractivity contribution is -0.142. The van der Waals surface area contributed by atoms with Crippen LogP contribution >= 0.6 is 0 Å². The standard InChI is InChI=1S/C12H21N3O4/c1-14(2)10(16)7-15(3)12(19)13-9-6-4-5-8(9)11(17)18/h8-9H,4-7H2,1-3H3,(H,13,19)(H,17,18). The van der Waals surface area contributed by atoms with Gasteiger partial charge in [0, 0.05) is 27.2 Å². The molecule has 0 spiro atoms. The van der Waals surface area contributed by atoms with Crippen LogP contribution in [-0.4, -0.2) is 66.5 Å². The average Bonchev–Trinajstić information content (AvgIpc) is 2.76. The second-order valence-corrected chi connectivity index (χ2v) is 5.08. The second kappa shape index (κ2) is 6.40. The lowest BCUT2D eigenvalue weighted by Crippen LogP contribution is -2.48. The van der Waals surface area contributed by atoms with Crippen molar-refractivity contribution in [2.24, 2.45) is 5.92 Å². The summed E-state index contributed by atoms with van der Waals surface area (Å²) in [7, 11) is 4.75. The van der Waals surface area contributed by atoms with E-state index < -0.39 is 17.9 Å². The molecule has 0 aromatic carbocycles. The van der Waals surface area contributed by atoms with Gasteiger partial charge >= 0.3 is 12.0 Å². The van der Waals surface area contributed by atoms with E-state index >= 15 is 0 Å². The number of aliphatic carboxylic acids is 1. The molecule has 2 unspecified atom stereocenters. The minimum Gasteiger partial charge on any atom is -0.481 e. The van der Waals surface area contributed by atoms with Crippen LogP contribution in [0.2, 0.25) is 0 Å². The number of hydrogen-bond donors (Lipinski definition) is 2. The Hall–Kier alpha value is -1.79. The predicted molar refractivity (Wildman–Crippen MR) is 68.6 cm³/mol. The minimum atomic E-state index is -0.880. The van der Waals surface area contributed by atoms with E-state index in [2.05, 4.69) is 5.32 Å². The molecular weight excluding hydrogens is 250 g/mol. The minimum absolute atomic E-state index is 0.0245. The first-order valence-corrected chi connectivity index (χ1v) is 6.27. The Bertz CT molecular complexity index is 370. The first-order chi connectivity index (χ1) is 8.82. The predicted octanol–water partition coefficient (Wildman–Crippen LogP) is -0.0307. The first-order valence-electron chi connectivity index (χ1n) is 6.27. The van der Waals surface area contributed by atoms with Gasteiger partial charge in [0.1, 0.15) is 6.54 Å². The Labute approximate surface area is 112 Å². The van der Waals surface area contributed by atoms with Crippen LogP contribution in [0.1, 0.15) is 19.3 Å². The summed E-state index contributed by atoms with van der Waals surface area (Å²) in [5.41, 5.74) is 0. The molecular formula is C12H21N3O4. The molecule has 1 rings (SSSR count). The van der Waals surface area contributed by atoms with E-state index in [-0.39, 0.29) is 18.5 Å². The molecule has 2 atom stereocenters. The van der Waals surface area contributed by atoms with Crippen molar-refractivity contribution in [1.29, 1.82) is 0 Å². The Morgan fingerprint density at radius 1 is 1.21 bits per heavy atom. The summed E-state index contributed by atoms with van der Waals surface area (Å²) in [6, 6.07) is -0.754. The van der Waals surface area contributed by atoms with Crippen LogP contribution in [0.25, 0.3) is 0 Å². The molecule has 7 nitrogen and oxygen atoms in total. The van der Waals surface area contributed by atoms with Crippen molar-refractivity contribution in [3.05, 3.63) is 0 Å². The molecule has 0 aromatic rings. The van der Waals surface area contributed by atoms with Crippen LogP contribution in [0.15, 0.2) is 0 Å². The van der Waals surface area contributed by atoms with Crippen LogP contribution in [0, 0.1) is 5.92 Å². The van der Waals surface area contributed by atoms with Crippen LogP contribution < -0.4 is 5.32 Å². The molecule has 1 fully saturated rings. The highest BCUT2D eigenvalue weighted by Crippen LogP contribution is 2.25. The van der Waals surface area contributed by atoms with E-state index in [1.165, 1.54) is 16.8 Å². The summed E-state index contributed by atoms with van der Waals surface area (Å²) in [5.74, 6) is -1.59. The van der Waals surface area contributed by atoms with Crippen LogP contribution in [0.3, 0.4) is 0 Å². The number of carbonyl (C=O) groups excluding carboxylic acids is 2. The average molecular weight is 271 g/mol. The molecule has 0 aromatic heterocycles. The molecule has 3 amide bonds. The van der Waals surface area contributed by atoms with Gasteiger partial charge in [0.2, 0.25) is 5.91 Å². The number of amides is 3. The second-order valence-electron chi connectivity index (χ2n) is 5.08. The molecule has 1 saturated carbocycles. The lowest BCUT2D eigenvalue weighted by Gasteiger charge is -2.23. The summed E-state index contributed by atoms with van der Waals surface area (Å²) >= 11 is 0. The van der Waals surface area contributed by atoms with Crippen LogP contribution in [-0.2, 0) is 9.59 Å². The Morgan fingerprint density at radius 3 is 2.37 bits per heavy atom. The number of carboxylic acid groups (broad SMARTS) is 1. The molecule has 1 aliphatic rings. The Kier molecular flexibility index (Phi) is 5.14. The number of rotatable bonds is 4. The third-order valence-electron chi connectivity index (χ3n) is 3.36. The fourth-order valence-corrected chi connectivity index (χ4v) is 2.11. The third kappa shape index (κ3) is 4.11. The molecule has 0 heterocycles. The molecule has 7 heteroatoms. The highest BCUT2D eigenvalue weighted by atomic mass is 16.4. The summed E-state index contributed by atoms with van der Waals surface area (Å²) in [4.78, 5) is 37.0. The van der Waals surface area contributed by atoms with Crippen molar-refractivity contribution in [1.82, 2.24) is 15.1 Å². The van der Waals surface area contributed by atoms with E-state index in [1.54, 1.807) is 14.1 Å². The number of carboxylic acids is 1. The number of hydrogen-bond acceptors (Lipinski definition) is 3. The van der Waals surface area contributed by atoms with Crippen LogP contribution in [0.5, 0.6) is 0 Å². The number of nitrogens with one attached hydrogen (secondary N) is 1. The van der Waals surface area contributed by atoms with Gasteiger partial charge in [0.15, 0.2) is 0 Å². The number of likely N-dealkylation sites (N-methyl/N-ethyl adjacent to an activating group) is 2. The summed E-state index contributed by atoms with van der Waals surface area (Å²) in [5, 5.41) is 11.7. The largest absolute Gasteiger partial charge is 0.481 e. The van der Waals surface area contributed by atoms with Crippen molar-refractivity contribution >= 4 is 17.9 Å². The van der Waals surface area contributed by atoms with Gasteiger partial charge in [0.05, 0.1) is 5.92 Å². The topological polar surface area (TPSA) is 90.0 Å². The van der Waals surface area contributed by atoms with Gasteiger partial charge in [-0.1, -0.05) is 6.42 Å². The van der Waals surface area contributed by atoms with Crippen molar-refractivity contribution < 1.29 is 19.5 Å². The van der Waals surface area contributed by atoms with Crippen molar-refractivity contribution in [2.75, 3.05) is 27.7 Å². The molecule has 0 radical (unpaired) electrons. The zero-order chi connectivity index (χ0) is 14.6. The summed E-state index contributed by atoms with van der Waals surface area (Å²) in [6.07, 6.45) is 2.04. The van der Waals surface area contributed by atoms with E-state index in [0.717, 1.165) is 6.42 Å². The maximum absolute atomic E-state index is 11.9. The van der Waals surface area contributed by atoms with Gasteiger partial charge < -0.3 is 20.2 Å². The van der Waals surface area contributed by atoms with E-state index in [0.29, 0.717) is 12.8 Å². The monoisotopic (exact) mass is 271 g/mol. The Balaban J connectivity index is 2.50. The number of carbonyl (C=O) groups is 3.